The molecule has 4 aromatic rings. The number of nitrogen functional groups attached to an aromatic ring is 1. The highest BCUT2D eigenvalue weighted by Crippen LogP contribution is 2.32. The van der Waals surface area contributed by atoms with Gasteiger partial charge in [-0.05, 0) is 24.3 Å². The second-order valence-corrected chi connectivity index (χ2v) is 5.38. The second kappa shape index (κ2) is 4.95. The predicted octanol–water partition coefficient (Wildman–Crippen LogP) is 4.15. The molecule has 0 radical (unpaired) electrons. The van der Waals surface area contributed by atoms with Gasteiger partial charge in [-0.1, -0.05) is 24.3 Å². The van der Waals surface area contributed by atoms with Crippen molar-refractivity contribution in [1.29, 1.82) is 0 Å². The van der Waals surface area contributed by atoms with E-state index in [9.17, 15) is 13.2 Å². The Bertz CT molecular complexity index is 1070. The fourth-order valence-corrected chi connectivity index (χ4v) is 2.68. The molecule has 0 atom stereocenters. The highest BCUT2D eigenvalue weighted by Gasteiger charge is 2.30. The molecular formula is C17H11F3N4. The third-order valence-corrected chi connectivity index (χ3v) is 3.80. The average Bonchev–Trinajstić information content (AvgIpc) is 3.01. The predicted molar refractivity (Wildman–Crippen MR) is 85.3 cm³/mol. The molecule has 0 amide bonds. The SMILES string of the molecule is Nc1nc2ccccc2n2cc(-c3cccc(C(F)(F)F)c3)nc12. The summed E-state index contributed by atoms with van der Waals surface area (Å²) in [4.78, 5) is 8.65. The number of fused-ring (bicyclic) bond motifs is 3. The van der Waals surface area contributed by atoms with Crippen molar-refractivity contribution in [2.24, 2.45) is 0 Å². The molecule has 4 rings (SSSR count). The van der Waals surface area contributed by atoms with Crippen molar-refractivity contribution in [3.63, 3.8) is 0 Å². The van der Waals surface area contributed by atoms with E-state index in [1.54, 1.807) is 16.7 Å². The maximum atomic E-state index is 12.9. The Morgan fingerprint density at radius 1 is 0.958 bits per heavy atom. The van der Waals surface area contributed by atoms with Crippen molar-refractivity contribution in [2.75, 3.05) is 5.73 Å². The number of para-hydroxylation sites is 2. The first-order valence-corrected chi connectivity index (χ1v) is 7.14. The molecule has 7 heteroatoms. The van der Waals surface area contributed by atoms with Gasteiger partial charge in [0.15, 0.2) is 11.5 Å². The van der Waals surface area contributed by atoms with Crippen molar-refractivity contribution in [2.45, 2.75) is 6.18 Å². The van der Waals surface area contributed by atoms with Crippen molar-refractivity contribution in [1.82, 2.24) is 14.4 Å². The molecule has 2 aromatic heterocycles. The van der Waals surface area contributed by atoms with Crippen LogP contribution in [0.15, 0.2) is 54.7 Å². The molecule has 24 heavy (non-hydrogen) atoms. The molecule has 120 valence electrons. The molecule has 2 heterocycles. The Labute approximate surface area is 134 Å². The van der Waals surface area contributed by atoms with Crippen LogP contribution in [0.5, 0.6) is 0 Å². The molecule has 2 aromatic carbocycles. The van der Waals surface area contributed by atoms with E-state index in [0.29, 0.717) is 22.4 Å². The van der Waals surface area contributed by atoms with E-state index < -0.39 is 11.7 Å². The maximum Gasteiger partial charge on any atom is 0.416 e. The van der Waals surface area contributed by atoms with Crippen LogP contribution in [0, 0.1) is 0 Å². The summed E-state index contributed by atoms with van der Waals surface area (Å²) >= 11 is 0. The number of imidazole rings is 1. The fourth-order valence-electron chi connectivity index (χ4n) is 2.68. The largest absolute Gasteiger partial charge is 0.416 e. The number of hydrogen-bond donors (Lipinski definition) is 1. The topological polar surface area (TPSA) is 56.2 Å². The lowest BCUT2D eigenvalue weighted by Gasteiger charge is -2.07. The van der Waals surface area contributed by atoms with E-state index >= 15 is 0 Å². The highest BCUT2D eigenvalue weighted by atomic mass is 19.4. The Morgan fingerprint density at radius 2 is 1.75 bits per heavy atom. The number of aromatic nitrogens is 3. The fraction of sp³-hybridized carbons (Fsp3) is 0.0588. The number of alkyl halides is 3. The van der Waals surface area contributed by atoms with Crippen LogP contribution in [0.25, 0.3) is 27.9 Å². The standard InChI is InChI=1S/C17H11F3N4/c18-17(19,20)11-5-3-4-10(8-11)13-9-24-14-7-2-1-6-12(14)22-15(21)16(24)23-13/h1-9H,(H2,21,22). The number of benzene rings is 2. The molecule has 0 spiro atoms. The average molecular weight is 328 g/mol. The second-order valence-electron chi connectivity index (χ2n) is 5.38. The van der Waals surface area contributed by atoms with Crippen LogP contribution in [-0.2, 0) is 6.18 Å². The number of hydrogen-bond acceptors (Lipinski definition) is 3. The molecule has 0 aliphatic heterocycles. The molecule has 4 nitrogen and oxygen atoms in total. The summed E-state index contributed by atoms with van der Waals surface area (Å²) in [6.45, 7) is 0. The van der Waals surface area contributed by atoms with Gasteiger partial charge in [0.1, 0.15) is 0 Å². The zero-order valence-electron chi connectivity index (χ0n) is 12.2. The van der Waals surface area contributed by atoms with Gasteiger partial charge >= 0.3 is 6.18 Å². The normalized spacial score (nSPS) is 12.1. The van der Waals surface area contributed by atoms with Gasteiger partial charge in [0.2, 0.25) is 0 Å². The van der Waals surface area contributed by atoms with Gasteiger partial charge in [0, 0.05) is 11.8 Å². The van der Waals surface area contributed by atoms with Crippen LogP contribution in [0.1, 0.15) is 5.56 Å². The van der Waals surface area contributed by atoms with E-state index in [1.807, 2.05) is 24.3 Å². The minimum atomic E-state index is -4.40. The zero-order chi connectivity index (χ0) is 16.9. The lowest BCUT2D eigenvalue weighted by Crippen LogP contribution is -2.04. The number of halogens is 3. The van der Waals surface area contributed by atoms with Gasteiger partial charge in [-0.2, -0.15) is 13.2 Å². The lowest BCUT2D eigenvalue weighted by atomic mass is 10.1. The monoisotopic (exact) mass is 328 g/mol. The van der Waals surface area contributed by atoms with Crippen LogP contribution in [0.4, 0.5) is 19.0 Å². The maximum absolute atomic E-state index is 12.9. The summed E-state index contributed by atoms with van der Waals surface area (Å²) in [5.74, 6) is 0.229. The minimum absolute atomic E-state index is 0.229. The van der Waals surface area contributed by atoms with Gasteiger partial charge in [-0.25, -0.2) is 9.97 Å². The Hall–Kier alpha value is -3.09. The quantitative estimate of drug-likeness (QED) is 0.571. The summed E-state index contributed by atoms with van der Waals surface area (Å²) in [5, 5.41) is 0. The lowest BCUT2D eigenvalue weighted by molar-refractivity contribution is -0.137. The zero-order valence-corrected chi connectivity index (χ0v) is 12.2. The summed E-state index contributed by atoms with van der Waals surface area (Å²) in [5.41, 5.74) is 7.90. The highest BCUT2D eigenvalue weighted by molar-refractivity contribution is 5.83. The first-order valence-electron chi connectivity index (χ1n) is 7.14. The number of anilines is 1. The Morgan fingerprint density at radius 3 is 2.54 bits per heavy atom. The van der Waals surface area contributed by atoms with E-state index in [1.165, 1.54) is 6.07 Å². The minimum Gasteiger partial charge on any atom is -0.381 e. The number of nitrogens with zero attached hydrogens (tertiary/aromatic N) is 3. The summed E-state index contributed by atoms with van der Waals surface area (Å²) in [6.07, 6.45) is -2.73. The van der Waals surface area contributed by atoms with Crippen molar-refractivity contribution >= 4 is 22.5 Å². The molecule has 0 saturated heterocycles. The smallest absolute Gasteiger partial charge is 0.381 e. The third-order valence-electron chi connectivity index (χ3n) is 3.80. The van der Waals surface area contributed by atoms with Gasteiger partial charge in [-0.3, -0.25) is 4.40 Å². The molecule has 0 aliphatic carbocycles. The van der Waals surface area contributed by atoms with Crippen LogP contribution >= 0.6 is 0 Å². The van der Waals surface area contributed by atoms with Crippen LogP contribution in [0.3, 0.4) is 0 Å². The van der Waals surface area contributed by atoms with Crippen molar-refractivity contribution in [3.05, 3.63) is 60.3 Å². The molecule has 2 N–H and O–H groups in total. The molecule has 0 saturated carbocycles. The first-order chi connectivity index (χ1) is 11.4. The third kappa shape index (κ3) is 2.25. The summed E-state index contributed by atoms with van der Waals surface area (Å²) in [6, 6.07) is 12.4. The van der Waals surface area contributed by atoms with Gasteiger partial charge < -0.3 is 5.73 Å². The van der Waals surface area contributed by atoms with E-state index in [2.05, 4.69) is 9.97 Å². The number of rotatable bonds is 1. The Kier molecular flexibility index (Phi) is 2.99. The van der Waals surface area contributed by atoms with Gasteiger partial charge in [0.05, 0.1) is 22.3 Å². The van der Waals surface area contributed by atoms with Gasteiger partial charge in [-0.15, -0.1) is 0 Å². The molecule has 0 bridgehead atoms. The van der Waals surface area contributed by atoms with Crippen molar-refractivity contribution < 1.29 is 13.2 Å². The van der Waals surface area contributed by atoms with Crippen LogP contribution in [-0.4, -0.2) is 14.4 Å². The van der Waals surface area contributed by atoms with E-state index in [-0.39, 0.29) is 5.82 Å². The van der Waals surface area contributed by atoms with E-state index in [0.717, 1.165) is 17.6 Å². The molecule has 0 fully saturated rings. The van der Waals surface area contributed by atoms with Crippen LogP contribution in [0.2, 0.25) is 0 Å². The van der Waals surface area contributed by atoms with Gasteiger partial charge in [0.25, 0.3) is 0 Å². The van der Waals surface area contributed by atoms with Crippen LogP contribution < -0.4 is 5.73 Å². The molecule has 0 unspecified atom stereocenters. The summed E-state index contributed by atoms with van der Waals surface area (Å²) < 4.78 is 40.5. The Balaban J connectivity index is 1.96. The van der Waals surface area contributed by atoms with E-state index in [4.69, 9.17) is 5.73 Å². The molecule has 0 aliphatic rings. The number of nitrogens with two attached hydrogens (primary N) is 1. The summed E-state index contributed by atoms with van der Waals surface area (Å²) in [7, 11) is 0. The van der Waals surface area contributed by atoms with Crippen molar-refractivity contribution in [3.8, 4) is 11.3 Å². The molecular weight excluding hydrogens is 317 g/mol. The first kappa shape index (κ1) is 14.5.